The van der Waals surface area contributed by atoms with Crippen LogP contribution in [0.3, 0.4) is 0 Å². The first-order chi connectivity index (χ1) is 7.22. The molecule has 0 fully saturated rings. The smallest absolute Gasteiger partial charge is 0.126 e. The largest absolute Gasteiger partial charge is 0.392 e. The Morgan fingerprint density at radius 1 is 1.33 bits per heavy atom. The molecule has 0 amide bonds. The Bertz CT molecular complexity index is 391. The van der Waals surface area contributed by atoms with Crippen molar-refractivity contribution in [2.45, 2.75) is 20.5 Å². The van der Waals surface area contributed by atoms with Crippen molar-refractivity contribution in [1.29, 1.82) is 0 Å². The predicted octanol–water partition coefficient (Wildman–Crippen LogP) is 3.46. The normalized spacial score (nSPS) is 13.1. The summed E-state index contributed by atoms with van der Waals surface area (Å²) in [6.07, 6.45) is 3.16. The molecule has 0 bridgehead atoms. The van der Waals surface area contributed by atoms with Crippen LogP contribution in [0.5, 0.6) is 0 Å². The molecule has 0 aliphatic heterocycles. The number of aliphatic hydroxyl groups is 1. The first kappa shape index (κ1) is 11.7. The zero-order chi connectivity index (χ0) is 11.3. The highest BCUT2D eigenvalue weighted by atomic mass is 19.1. The summed E-state index contributed by atoms with van der Waals surface area (Å²) in [6, 6.07) is 7.24. The molecule has 0 saturated heterocycles. The van der Waals surface area contributed by atoms with Crippen LogP contribution in [0.15, 0.2) is 42.2 Å². The fourth-order valence-electron chi connectivity index (χ4n) is 1.44. The highest BCUT2D eigenvalue weighted by molar-refractivity contribution is 5.76. The maximum atomic E-state index is 13.4. The van der Waals surface area contributed by atoms with Gasteiger partial charge in [-0.2, -0.15) is 0 Å². The van der Waals surface area contributed by atoms with E-state index >= 15 is 0 Å². The molecule has 0 radical (unpaired) electrons. The van der Waals surface area contributed by atoms with E-state index in [-0.39, 0.29) is 12.4 Å². The fraction of sp³-hybridized carbons (Fsp3) is 0.231. The molecule has 0 spiro atoms. The van der Waals surface area contributed by atoms with Gasteiger partial charge in [-0.1, -0.05) is 30.4 Å². The maximum absolute atomic E-state index is 13.4. The van der Waals surface area contributed by atoms with Gasteiger partial charge in [0, 0.05) is 5.57 Å². The molecule has 0 aliphatic carbocycles. The predicted molar refractivity (Wildman–Crippen MR) is 60.9 cm³/mol. The van der Waals surface area contributed by atoms with E-state index in [1.165, 1.54) is 6.08 Å². The van der Waals surface area contributed by atoms with Crippen molar-refractivity contribution in [2.24, 2.45) is 0 Å². The molecule has 1 aromatic carbocycles. The summed E-state index contributed by atoms with van der Waals surface area (Å²) in [7, 11) is 0. The first-order valence-electron chi connectivity index (χ1n) is 4.91. The molecule has 15 heavy (non-hydrogen) atoms. The third-order valence-electron chi connectivity index (χ3n) is 2.22. The van der Waals surface area contributed by atoms with E-state index in [9.17, 15) is 4.39 Å². The standard InChI is InChI=1S/C13H15FO/c1-3-12(13(14)4-2)11-7-5-6-10(8-11)9-15/h3-8,15H,9H2,1-2H3. The number of hydrogen-bond acceptors (Lipinski definition) is 1. The van der Waals surface area contributed by atoms with Crippen molar-refractivity contribution in [1.82, 2.24) is 0 Å². The van der Waals surface area contributed by atoms with E-state index in [1.807, 2.05) is 18.2 Å². The van der Waals surface area contributed by atoms with Crippen LogP contribution in [0, 0.1) is 0 Å². The van der Waals surface area contributed by atoms with Crippen molar-refractivity contribution in [3.63, 3.8) is 0 Å². The summed E-state index contributed by atoms with van der Waals surface area (Å²) >= 11 is 0. The fourth-order valence-corrected chi connectivity index (χ4v) is 1.44. The molecule has 0 saturated carbocycles. The van der Waals surface area contributed by atoms with E-state index in [0.29, 0.717) is 5.57 Å². The molecule has 0 unspecified atom stereocenters. The highest BCUT2D eigenvalue weighted by Gasteiger charge is 2.05. The van der Waals surface area contributed by atoms with Crippen LogP contribution in [0.4, 0.5) is 4.39 Å². The van der Waals surface area contributed by atoms with Crippen LogP contribution in [0.25, 0.3) is 5.57 Å². The summed E-state index contributed by atoms with van der Waals surface area (Å²) in [5, 5.41) is 8.98. The number of benzene rings is 1. The van der Waals surface area contributed by atoms with Crippen LogP contribution in [0.2, 0.25) is 0 Å². The molecular formula is C13H15FO. The Hall–Kier alpha value is -1.41. The van der Waals surface area contributed by atoms with Crippen LogP contribution >= 0.6 is 0 Å². The summed E-state index contributed by atoms with van der Waals surface area (Å²) in [6.45, 7) is 3.43. The topological polar surface area (TPSA) is 20.2 Å². The van der Waals surface area contributed by atoms with Crippen LogP contribution in [0.1, 0.15) is 25.0 Å². The average molecular weight is 206 g/mol. The van der Waals surface area contributed by atoms with E-state index in [1.54, 1.807) is 26.0 Å². The average Bonchev–Trinajstić information content (AvgIpc) is 2.30. The number of rotatable bonds is 3. The van der Waals surface area contributed by atoms with Gasteiger partial charge in [-0.05, 0) is 31.0 Å². The quantitative estimate of drug-likeness (QED) is 0.751. The summed E-state index contributed by atoms with van der Waals surface area (Å²) in [4.78, 5) is 0. The molecule has 1 N–H and O–H groups in total. The van der Waals surface area contributed by atoms with Crippen LogP contribution < -0.4 is 0 Å². The molecule has 2 heteroatoms. The van der Waals surface area contributed by atoms with Gasteiger partial charge in [-0.3, -0.25) is 0 Å². The molecule has 1 nitrogen and oxygen atoms in total. The SMILES string of the molecule is CC=C(F)C(=CC)c1cccc(CO)c1. The van der Waals surface area contributed by atoms with Crippen molar-refractivity contribution < 1.29 is 9.50 Å². The van der Waals surface area contributed by atoms with Gasteiger partial charge in [-0.15, -0.1) is 0 Å². The van der Waals surface area contributed by atoms with Crippen molar-refractivity contribution in [3.05, 3.63) is 53.4 Å². The lowest BCUT2D eigenvalue weighted by molar-refractivity contribution is 0.282. The van der Waals surface area contributed by atoms with Gasteiger partial charge in [0.1, 0.15) is 5.83 Å². The molecule has 80 valence electrons. The van der Waals surface area contributed by atoms with E-state index in [0.717, 1.165) is 11.1 Å². The highest BCUT2D eigenvalue weighted by Crippen LogP contribution is 2.24. The molecule has 1 rings (SSSR count). The van der Waals surface area contributed by atoms with Crippen LogP contribution in [-0.2, 0) is 6.61 Å². The molecular weight excluding hydrogens is 191 g/mol. The second-order valence-electron chi connectivity index (χ2n) is 3.20. The lowest BCUT2D eigenvalue weighted by Gasteiger charge is -2.06. The van der Waals surface area contributed by atoms with E-state index < -0.39 is 0 Å². The first-order valence-corrected chi connectivity index (χ1v) is 4.91. The van der Waals surface area contributed by atoms with Gasteiger partial charge in [-0.25, -0.2) is 4.39 Å². The van der Waals surface area contributed by atoms with Crippen LogP contribution in [-0.4, -0.2) is 5.11 Å². The number of aliphatic hydroxyl groups excluding tert-OH is 1. The van der Waals surface area contributed by atoms with Crippen molar-refractivity contribution in [3.8, 4) is 0 Å². The summed E-state index contributed by atoms with van der Waals surface area (Å²) < 4.78 is 13.4. The minimum atomic E-state index is -0.243. The van der Waals surface area contributed by atoms with Gasteiger partial charge >= 0.3 is 0 Å². The molecule has 0 aliphatic rings. The summed E-state index contributed by atoms with van der Waals surface area (Å²) in [5.41, 5.74) is 2.14. The van der Waals surface area contributed by atoms with Crippen molar-refractivity contribution in [2.75, 3.05) is 0 Å². The lowest BCUT2D eigenvalue weighted by atomic mass is 10.0. The molecule has 0 aromatic heterocycles. The van der Waals surface area contributed by atoms with Gasteiger partial charge in [0.05, 0.1) is 6.61 Å². The number of halogens is 1. The number of hydrogen-bond donors (Lipinski definition) is 1. The number of allylic oxidation sites excluding steroid dienone is 4. The van der Waals surface area contributed by atoms with E-state index in [4.69, 9.17) is 5.11 Å². The van der Waals surface area contributed by atoms with Gasteiger partial charge in [0.15, 0.2) is 0 Å². The third kappa shape index (κ3) is 2.77. The van der Waals surface area contributed by atoms with Gasteiger partial charge in [0.2, 0.25) is 0 Å². The second-order valence-corrected chi connectivity index (χ2v) is 3.20. The van der Waals surface area contributed by atoms with Gasteiger partial charge < -0.3 is 5.11 Å². The van der Waals surface area contributed by atoms with Gasteiger partial charge in [0.25, 0.3) is 0 Å². The Morgan fingerprint density at radius 2 is 2.07 bits per heavy atom. The monoisotopic (exact) mass is 206 g/mol. The Balaban J connectivity index is 3.14. The zero-order valence-electron chi connectivity index (χ0n) is 9.00. The minimum Gasteiger partial charge on any atom is -0.392 e. The minimum absolute atomic E-state index is 0.0255. The molecule has 0 heterocycles. The molecule has 0 atom stereocenters. The van der Waals surface area contributed by atoms with E-state index in [2.05, 4.69) is 0 Å². The second kappa shape index (κ2) is 5.47. The summed E-state index contributed by atoms with van der Waals surface area (Å²) in [5.74, 6) is -0.243. The maximum Gasteiger partial charge on any atom is 0.126 e. The van der Waals surface area contributed by atoms with Crippen molar-refractivity contribution >= 4 is 5.57 Å². The Morgan fingerprint density at radius 3 is 2.60 bits per heavy atom. The lowest BCUT2D eigenvalue weighted by Crippen LogP contribution is -1.89. The Kier molecular flexibility index (Phi) is 4.25. The molecule has 1 aromatic rings. The zero-order valence-corrected chi connectivity index (χ0v) is 9.00. The third-order valence-corrected chi connectivity index (χ3v) is 2.22. The Labute approximate surface area is 89.6 Å².